The summed E-state index contributed by atoms with van der Waals surface area (Å²) in [4.78, 5) is 11.6. The summed E-state index contributed by atoms with van der Waals surface area (Å²) in [6.07, 6.45) is 0. The molecule has 0 saturated carbocycles. The zero-order chi connectivity index (χ0) is 15.1. The van der Waals surface area contributed by atoms with E-state index in [1.54, 1.807) is 25.3 Å². The number of amides is 1. The van der Waals surface area contributed by atoms with Crippen LogP contribution in [0.4, 0.5) is 0 Å². The SMILES string of the molecule is COc1ccc(C(C)NCC(=O)NCC(C)C)c(O)c1. The minimum absolute atomic E-state index is 0.0430. The van der Waals surface area contributed by atoms with Gasteiger partial charge in [0.1, 0.15) is 11.5 Å². The van der Waals surface area contributed by atoms with Crippen molar-refractivity contribution in [3.8, 4) is 11.5 Å². The van der Waals surface area contributed by atoms with Crippen LogP contribution in [0.1, 0.15) is 32.4 Å². The van der Waals surface area contributed by atoms with Crippen LogP contribution in [0.5, 0.6) is 11.5 Å². The zero-order valence-electron chi connectivity index (χ0n) is 12.6. The largest absolute Gasteiger partial charge is 0.507 e. The van der Waals surface area contributed by atoms with E-state index in [9.17, 15) is 9.90 Å². The molecule has 0 bridgehead atoms. The first-order valence-electron chi connectivity index (χ1n) is 6.81. The van der Waals surface area contributed by atoms with Gasteiger partial charge in [-0.1, -0.05) is 19.9 Å². The van der Waals surface area contributed by atoms with E-state index in [0.29, 0.717) is 18.2 Å². The highest BCUT2D eigenvalue weighted by molar-refractivity contribution is 5.78. The van der Waals surface area contributed by atoms with Crippen LogP contribution in [-0.4, -0.2) is 31.2 Å². The zero-order valence-corrected chi connectivity index (χ0v) is 12.6. The molecular weight excluding hydrogens is 256 g/mol. The molecule has 1 unspecified atom stereocenters. The van der Waals surface area contributed by atoms with Crippen molar-refractivity contribution in [3.05, 3.63) is 23.8 Å². The van der Waals surface area contributed by atoms with Gasteiger partial charge >= 0.3 is 0 Å². The maximum Gasteiger partial charge on any atom is 0.233 e. The van der Waals surface area contributed by atoms with Crippen LogP contribution in [0.15, 0.2) is 18.2 Å². The molecule has 1 atom stereocenters. The highest BCUT2D eigenvalue weighted by Gasteiger charge is 2.12. The number of phenolic OH excluding ortho intramolecular Hbond substituents is 1. The third kappa shape index (κ3) is 5.09. The Hall–Kier alpha value is -1.75. The van der Waals surface area contributed by atoms with Gasteiger partial charge in [0.05, 0.1) is 13.7 Å². The van der Waals surface area contributed by atoms with Crippen LogP contribution >= 0.6 is 0 Å². The third-order valence-corrected chi connectivity index (χ3v) is 2.98. The molecule has 112 valence electrons. The monoisotopic (exact) mass is 280 g/mol. The van der Waals surface area contributed by atoms with Crippen LogP contribution in [0.2, 0.25) is 0 Å². The minimum Gasteiger partial charge on any atom is -0.507 e. The molecule has 0 aliphatic rings. The molecule has 5 heteroatoms. The number of carbonyl (C=O) groups is 1. The fourth-order valence-corrected chi connectivity index (χ4v) is 1.75. The molecule has 0 aromatic heterocycles. The molecule has 0 saturated heterocycles. The summed E-state index contributed by atoms with van der Waals surface area (Å²) in [6.45, 7) is 6.89. The Morgan fingerprint density at radius 2 is 2.05 bits per heavy atom. The number of methoxy groups -OCH3 is 1. The van der Waals surface area contributed by atoms with Gasteiger partial charge in [0.25, 0.3) is 0 Å². The average Bonchev–Trinajstić information content (AvgIpc) is 2.42. The highest BCUT2D eigenvalue weighted by Crippen LogP contribution is 2.28. The number of carbonyl (C=O) groups excluding carboxylic acids is 1. The van der Waals surface area contributed by atoms with E-state index in [1.807, 2.05) is 20.8 Å². The molecule has 1 aromatic rings. The predicted octanol–water partition coefficient (Wildman–Crippen LogP) is 1.82. The Labute approximate surface area is 120 Å². The molecule has 0 heterocycles. The quantitative estimate of drug-likeness (QED) is 0.712. The molecule has 0 fully saturated rings. The third-order valence-electron chi connectivity index (χ3n) is 2.98. The second-order valence-corrected chi connectivity index (χ2v) is 5.23. The Balaban J connectivity index is 2.50. The molecule has 3 N–H and O–H groups in total. The minimum atomic E-state index is -0.120. The molecule has 0 aliphatic carbocycles. The van der Waals surface area contributed by atoms with Gasteiger partial charge in [-0.25, -0.2) is 0 Å². The van der Waals surface area contributed by atoms with E-state index in [2.05, 4.69) is 10.6 Å². The maximum atomic E-state index is 11.6. The number of benzene rings is 1. The Morgan fingerprint density at radius 1 is 1.35 bits per heavy atom. The number of rotatable bonds is 7. The lowest BCUT2D eigenvalue weighted by Crippen LogP contribution is -2.36. The lowest BCUT2D eigenvalue weighted by atomic mass is 10.1. The highest BCUT2D eigenvalue weighted by atomic mass is 16.5. The number of hydrogen-bond acceptors (Lipinski definition) is 4. The van der Waals surface area contributed by atoms with Gasteiger partial charge in [-0.05, 0) is 18.9 Å². The average molecular weight is 280 g/mol. The predicted molar refractivity (Wildman–Crippen MR) is 78.9 cm³/mol. The van der Waals surface area contributed by atoms with Crippen LogP contribution in [-0.2, 0) is 4.79 Å². The standard InChI is InChI=1S/C15H24N2O3/c1-10(2)8-17-15(19)9-16-11(3)13-6-5-12(20-4)7-14(13)18/h5-7,10-11,16,18H,8-9H2,1-4H3,(H,17,19). The summed E-state index contributed by atoms with van der Waals surface area (Å²) in [5.74, 6) is 1.15. The van der Waals surface area contributed by atoms with Gasteiger partial charge in [0, 0.05) is 24.2 Å². The van der Waals surface area contributed by atoms with Crippen molar-refractivity contribution < 1.29 is 14.6 Å². The van der Waals surface area contributed by atoms with Crippen LogP contribution in [0.25, 0.3) is 0 Å². The number of phenols is 1. The fourth-order valence-electron chi connectivity index (χ4n) is 1.75. The first kappa shape index (κ1) is 16.3. The summed E-state index contributed by atoms with van der Waals surface area (Å²) in [5, 5.41) is 15.8. The van der Waals surface area contributed by atoms with Gasteiger partial charge in [-0.15, -0.1) is 0 Å². The van der Waals surface area contributed by atoms with Crippen molar-refractivity contribution in [1.29, 1.82) is 0 Å². The van der Waals surface area contributed by atoms with Crippen molar-refractivity contribution in [1.82, 2.24) is 10.6 Å². The number of aromatic hydroxyl groups is 1. The Bertz CT molecular complexity index is 447. The lowest BCUT2D eigenvalue weighted by Gasteiger charge is -2.16. The van der Waals surface area contributed by atoms with Gasteiger partial charge in [-0.3, -0.25) is 4.79 Å². The van der Waals surface area contributed by atoms with Crippen molar-refractivity contribution in [2.75, 3.05) is 20.2 Å². The molecule has 20 heavy (non-hydrogen) atoms. The molecule has 0 radical (unpaired) electrons. The first-order chi connectivity index (χ1) is 9.43. The number of ether oxygens (including phenoxy) is 1. The van der Waals surface area contributed by atoms with Gasteiger partial charge in [0.2, 0.25) is 5.91 Å². The van der Waals surface area contributed by atoms with Crippen LogP contribution < -0.4 is 15.4 Å². The summed E-state index contributed by atoms with van der Waals surface area (Å²) in [7, 11) is 1.55. The molecule has 1 amide bonds. The van der Waals surface area contributed by atoms with E-state index in [0.717, 1.165) is 5.56 Å². The Morgan fingerprint density at radius 3 is 2.60 bits per heavy atom. The van der Waals surface area contributed by atoms with Gasteiger partial charge in [-0.2, -0.15) is 0 Å². The van der Waals surface area contributed by atoms with Crippen molar-refractivity contribution in [2.24, 2.45) is 5.92 Å². The molecule has 5 nitrogen and oxygen atoms in total. The molecular formula is C15H24N2O3. The first-order valence-corrected chi connectivity index (χ1v) is 6.81. The fraction of sp³-hybridized carbons (Fsp3) is 0.533. The maximum absolute atomic E-state index is 11.6. The van der Waals surface area contributed by atoms with Crippen LogP contribution in [0, 0.1) is 5.92 Å². The number of nitrogens with one attached hydrogen (secondary N) is 2. The summed E-state index contributed by atoms with van der Waals surface area (Å²) in [6, 6.07) is 5.02. The van der Waals surface area contributed by atoms with E-state index < -0.39 is 0 Å². The van der Waals surface area contributed by atoms with Crippen LogP contribution in [0.3, 0.4) is 0 Å². The molecule has 1 rings (SSSR count). The second kappa shape index (κ2) is 7.75. The van der Waals surface area contributed by atoms with E-state index in [-0.39, 0.29) is 24.2 Å². The lowest BCUT2D eigenvalue weighted by molar-refractivity contribution is -0.120. The normalized spacial score (nSPS) is 12.2. The molecule has 1 aromatic carbocycles. The topological polar surface area (TPSA) is 70.6 Å². The van der Waals surface area contributed by atoms with E-state index in [4.69, 9.17) is 4.74 Å². The molecule has 0 aliphatic heterocycles. The van der Waals surface area contributed by atoms with Gasteiger partial charge < -0.3 is 20.5 Å². The van der Waals surface area contributed by atoms with E-state index in [1.165, 1.54) is 0 Å². The van der Waals surface area contributed by atoms with Crippen molar-refractivity contribution >= 4 is 5.91 Å². The summed E-state index contributed by atoms with van der Waals surface area (Å²) >= 11 is 0. The second-order valence-electron chi connectivity index (χ2n) is 5.23. The van der Waals surface area contributed by atoms with E-state index >= 15 is 0 Å². The summed E-state index contributed by atoms with van der Waals surface area (Å²) < 4.78 is 5.04. The smallest absolute Gasteiger partial charge is 0.233 e. The van der Waals surface area contributed by atoms with Gasteiger partial charge in [0.15, 0.2) is 0 Å². The number of hydrogen-bond donors (Lipinski definition) is 3. The molecule has 0 spiro atoms. The Kier molecular flexibility index (Phi) is 6.31. The summed E-state index contributed by atoms with van der Waals surface area (Å²) in [5.41, 5.74) is 0.738. The van der Waals surface area contributed by atoms with Crippen molar-refractivity contribution in [2.45, 2.75) is 26.8 Å². The van der Waals surface area contributed by atoms with Crippen molar-refractivity contribution in [3.63, 3.8) is 0 Å².